The number of alkyl halides is 3. The van der Waals surface area contributed by atoms with E-state index in [-0.39, 0.29) is 12.3 Å². The van der Waals surface area contributed by atoms with Crippen LogP contribution in [0.2, 0.25) is 0 Å². The van der Waals surface area contributed by atoms with Gasteiger partial charge >= 0.3 is 12.2 Å². The van der Waals surface area contributed by atoms with Crippen LogP contribution in [0.1, 0.15) is 12.0 Å². The molecular formula is C16H21F3N2O2. The number of carbonyl (C=O) groups is 1. The first-order valence-corrected chi connectivity index (χ1v) is 7.56. The highest BCUT2D eigenvalue weighted by atomic mass is 19.4. The van der Waals surface area contributed by atoms with Crippen LogP contribution in [0.15, 0.2) is 30.3 Å². The first kappa shape index (κ1) is 17.6. The molecule has 0 aromatic heterocycles. The van der Waals surface area contributed by atoms with E-state index in [2.05, 4.69) is 5.32 Å². The summed E-state index contributed by atoms with van der Waals surface area (Å²) in [4.78, 5) is 13.3. The lowest BCUT2D eigenvalue weighted by molar-refractivity contribution is -0.153. The van der Waals surface area contributed by atoms with Crippen LogP contribution in [0.3, 0.4) is 0 Å². The van der Waals surface area contributed by atoms with Gasteiger partial charge in [-0.15, -0.1) is 0 Å². The average Bonchev–Trinajstić information content (AvgIpc) is 2.99. The van der Waals surface area contributed by atoms with Crippen molar-refractivity contribution in [3.63, 3.8) is 0 Å². The predicted molar refractivity (Wildman–Crippen MR) is 80.1 cm³/mol. The summed E-state index contributed by atoms with van der Waals surface area (Å²) in [5.41, 5.74) is 0.530. The molecule has 7 heteroatoms. The van der Waals surface area contributed by atoms with E-state index in [1.807, 2.05) is 0 Å². The minimum atomic E-state index is -4.50. The Labute approximate surface area is 133 Å². The zero-order valence-corrected chi connectivity index (χ0v) is 13.0. The number of amides is 2. The summed E-state index contributed by atoms with van der Waals surface area (Å²) in [5.74, 6) is 0.184. The summed E-state index contributed by atoms with van der Waals surface area (Å²) in [6.45, 7) is 1.57. The van der Waals surface area contributed by atoms with Crippen LogP contribution in [0, 0.1) is 5.92 Å². The summed E-state index contributed by atoms with van der Waals surface area (Å²) in [5, 5.41) is 2.10. The van der Waals surface area contributed by atoms with Crippen molar-refractivity contribution in [1.82, 2.24) is 10.2 Å². The topological polar surface area (TPSA) is 41.6 Å². The van der Waals surface area contributed by atoms with Gasteiger partial charge in [-0.1, -0.05) is 30.3 Å². The van der Waals surface area contributed by atoms with E-state index in [4.69, 9.17) is 4.74 Å². The van der Waals surface area contributed by atoms with Crippen LogP contribution >= 0.6 is 0 Å². The Hall–Kier alpha value is -1.76. The SMILES string of the molecule is CN(C[C@@H]1CCOC1)C(=O)N[C@@H](Cc1ccccc1)C(F)(F)F. The van der Waals surface area contributed by atoms with Crippen LogP contribution in [0.25, 0.3) is 0 Å². The lowest BCUT2D eigenvalue weighted by atomic mass is 10.1. The Morgan fingerprint density at radius 3 is 2.65 bits per heavy atom. The standard InChI is InChI=1S/C16H21F3N2O2/c1-21(10-13-7-8-23-11-13)15(22)20-14(16(17,18)19)9-12-5-3-2-4-6-12/h2-6,13-14H,7-11H2,1H3,(H,20,22)/t13-,14-/m0/s1. The van der Waals surface area contributed by atoms with Crippen LogP contribution in [-0.4, -0.2) is 50.0 Å². The molecule has 1 N–H and O–H groups in total. The second-order valence-corrected chi connectivity index (χ2v) is 5.84. The number of halogens is 3. The van der Waals surface area contributed by atoms with Gasteiger partial charge in [-0.3, -0.25) is 0 Å². The van der Waals surface area contributed by atoms with E-state index in [9.17, 15) is 18.0 Å². The van der Waals surface area contributed by atoms with Gasteiger partial charge in [-0.05, 0) is 12.0 Å². The number of rotatable bonds is 5. The van der Waals surface area contributed by atoms with Crippen LogP contribution in [0.5, 0.6) is 0 Å². The molecule has 2 atom stereocenters. The van der Waals surface area contributed by atoms with Crippen molar-refractivity contribution in [3.8, 4) is 0 Å². The van der Waals surface area contributed by atoms with Crippen molar-refractivity contribution >= 4 is 6.03 Å². The monoisotopic (exact) mass is 330 g/mol. The third-order valence-corrected chi connectivity index (χ3v) is 3.88. The number of benzene rings is 1. The molecule has 23 heavy (non-hydrogen) atoms. The number of hydrogen-bond donors (Lipinski definition) is 1. The number of ether oxygens (including phenoxy) is 1. The molecule has 4 nitrogen and oxygen atoms in total. The molecule has 1 aromatic rings. The van der Waals surface area contributed by atoms with Crippen molar-refractivity contribution < 1.29 is 22.7 Å². The van der Waals surface area contributed by atoms with Gasteiger partial charge in [-0.25, -0.2) is 4.79 Å². The summed E-state index contributed by atoms with van der Waals surface area (Å²) < 4.78 is 44.8. The second-order valence-electron chi connectivity index (χ2n) is 5.84. The van der Waals surface area contributed by atoms with Gasteiger partial charge in [0.2, 0.25) is 0 Å². The molecule has 2 amide bonds. The summed E-state index contributed by atoms with van der Waals surface area (Å²) in [6.07, 6.45) is -3.95. The molecule has 0 spiro atoms. The van der Waals surface area contributed by atoms with E-state index >= 15 is 0 Å². The summed E-state index contributed by atoms with van der Waals surface area (Å²) in [6, 6.07) is 5.71. The van der Waals surface area contributed by atoms with Gasteiger partial charge in [0.15, 0.2) is 0 Å². The number of carbonyl (C=O) groups excluding carboxylic acids is 1. The third-order valence-electron chi connectivity index (χ3n) is 3.88. The first-order valence-electron chi connectivity index (χ1n) is 7.56. The molecule has 128 valence electrons. The Bertz CT molecular complexity index is 502. The molecule has 0 aliphatic carbocycles. The molecule has 1 saturated heterocycles. The lowest BCUT2D eigenvalue weighted by Gasteiger charge is -2.26. The van der Waals surface area contributed by atoms with Crippen LogP contribution in [-0.2, 0) is 11.2 Å². The van der Waals surface area contributed by atoms with Gasteiger partial charge in [0.05, 0.1) is 6.61 Å². The van der Waals surface area contributed by atoms with Gasteiger partial charge in [0, 0.05) is 32.5 Å². The van der Waals surface area contributed by atoms with E-state index in [1.165, 1.54) is 11.9 Å². The van der Waals surface area contributed by atoms with E-state index < -0.39 is 18.2 Å². The Morgan fingerprint density at radius 1 is 1.39 bits per heavy atom. The quantitative estimate of drug-likeness (QED) is 0.902. The average molecular weight is 330 g/mol. The van der Waals surface area contributed by atoms with Gasteiger partial charge < -0.3 is 15.0 Å². The van der Waals surface area contributed by atoms with Gasteiger partial charge in [0.1, 0.15) is 6.04 Å². The molecule has 0 saturated carbocycles. The summed E-state index contributed by atoms with van der Waals surface area (Å²) in [7, 11) is 1.50. The number of urea groups is 1. The second kappa shape index (κ2) is 7.68. The highest BCUT2D eigenvalue weighted by Gasteiger charge is 2.41. The maximum Gasteiger partial charge on any atom is 0.408 e. The molecule has 2 rings (SSSR count). The summed E-state index contributed by atoms with van der Waals surface area (Å²) >= 11 is 0. The fourth-order valence-electron chi connectivity index (χ4n) is 2.56. The molecule has 1 fully saturated rings. The van der Waals surface area contributed by atoms with Gasteiger partial charge in [-0.2, -0.15) is 13.2 Å². The molecule has 1 aliphatic rings. The van der Waals surface area contributed by atoms with Crippen molar-refractivity contribution in [2.45, 2.75) is 25.1 Å². The zero-order valence-electron chi connectivity index (χ0n) is 13.0. The zero-order chi connectivity index (χ0) is 16.9. The van der Waals surface area contributed by atoms with Gasteiger partial charge in [0.25, 0.3) is 0 Å². The van der Waals surface area contributed by atoms with E-state index in [1.54, 1.807) is 30.3 Å². The molecular weight excluding hydrogens is 309 g/mol. The number of nitrogens with zero attached hydrogens (tertiary/aromatic N) is 1. The third kappa shape index (κ3) is 5.42. The molecule has 0 bridgehead atoms. The maximum atomic E-state index is 13.2. The minimum Gasteiger partial charge on any atom is -0.381 e. The molecule has 1 heterocycles. The Kier molecular flexibility index (Phi) is 5.87. The largest absolute Gasteiger partial charge is 0.408 e. The Balaban J connectivity index is 1.95. The smallest absolute Gasteiger partial charge is 0.381 e. The highest BCUT2D eigenvalue weighted by molar-refractivity contribution is 5.74. The molecule has 0 radical (unpaired) electrons. The van der Waals surface area contributed by atoms with Crippen LogP contribution < -0.4 is 5.32 Å². The van der Waals surface area contributed by atoms with Crippen molar-refractivity contribution in [2.24, 2.45) is 5.92 Å². The van der Waals surface area contributed by atoms with Crippen molar-refractivity contribution in [2.75, 3.05) is 26.8 Å². The van der Waals surface area contributed by atoms with E-state index in [0.29, 0.717) is 25.3 Å². The van der Waals surface area contributed by atoms with Crippen molar-refractivity contribution in [3.05, 3.63) is 35.9 Å². The predicted octanol–water partition coefficient (Wildman–Crippen LogP) is 2.84. The lowest BCUT2D eigenvalue weighted by Crippen LogP contribution is -2.51. The fourth-order valence-corrected chi connectivity index (χ4v) is 2.56. The normalized spacial score (nSPS) is 19.4. The fraction of sp³-hybridized carbons (Fsp3) is 0.562. The first-order chi connectivity index (χ1) is 10.9. The maximum absolute atomic E-state index is 13.2. The van der Waals surface area contributed by atoms with Crippen LogP contribution in [0.4, 0.5) is 18.0 Å². The molecule has 0 unspecified atom stereocenters. The molecule has 1 aliphatic heterocycles. The Morgan fingerprint density at radius 2 is 2.09 bits per heavy atom. The van der Waals surface area contributed by atoms with E-state index in [0.717, 1.165) is 6.42 Å². The van der Waals surface area contributed by atoms with Crippen molar-refractivity contribution in [1.29, 1.82) is 0 Å². The highest BCUT2D eigenvalue weighted by Crippen LogP contribution is 2.23. The minimum absolute atomic E-state index is 0.184. The molecule has 1 aromatic carbocycles. The number of hydrogen-bond acceptors (Lipinski definition) is 2. The number of nitrogens with one attached hydrogen (secondary N) is 1.